The molecular weight excluding hydrogens is 273 g/mol. The minimum Gasteiger partial charge on any atom is -0.484 e. The maximum Gasteiger partial charge on any atom is 0.262 e. The number of amides is 1. The predicted molar refractivity (Wildman–Crippen MR) is 76.1 cm³/mol. The number of halogens is 1. The van der Waals surface area contributed by atoms with Crippen LogP contribution in [0, 0.1) is 17.1 Å². The molecule has 0 unspecified atom stereocenters. The van der Waals surface area contributed by atoms with Crippen molar-refractivity contribution in [3.8, 4) is 11.8 Å². The Morgan fingerprint density at radius 1 is 1.29 bits per heavy atom. The Morgan fingerprint density at radius 2 is 2.00 bits per heavy atom. The van der Waals surface area contributed by atoms with E-state index in [4.69, 9.17) is 15.7 Å². The van der Waals surface area contributed by atoms with Crippen LogP contribution in [-0.2, 0) is 4.79 Å². The molecule has 3 N–H and O–H groups in total. The van der Waals surface area contributed by atoms with E-state index in [9.17, 15) is 9.18 Å². The quantitative estimate of drug-likeness (QED) is 0.844. The van der Waals surface area contributed by atoms with Crippen LogP contribution in [0.4, 0.5) is 15.8 Å². The number of ether oxygens (including phenoxy) is 1. The summed E-state index contributed by atoms with van der Waals surface area (Å²) in [4.78, 5) is 11.7. The lowest BCUT2D eigenvalue weighted by Crippen LogP contribution is -2.20. The number of anilines is 2. The number of benzene rings is 2. The van der Waals surface area contributed by atoms with Crippen LogP contribution in [0.3, 0.4) is 0 Å². The van der Waals surface area contributed by atoms with Gasteiger partial charge in [0, 0.05) is 5.69 Å². The fourth-order valence-electron chi connectivity index (χ4n) is 1.59. The number of hydrogen-bond donors (Lipinski definition) is 2. The Bertz CT molecular complexity index is 693. The molecule has 0 aliphatic heterocycles. The third-order valence-electron chi connectivity index (χ3n) is 2.63. The highest BCUT2D eigenvalue weighted by Crippen LogP contribution is 2.16. The first-order valence-corrected chi connectivity index (χ1v) is 6.06. The standard InChI is InChI=1S/C15H12FN3O2/c16-13-6-3-11(7-14(13)18)19-15(20)9-21-12-4-1-10(8-17)2-5-12/h1-7H,9,18H2,(H,19,20). The zero-order chi connectivity index (χ0) is 15.2. The summed E-state index contributed by atoms with van der Waals surface area (Å²) in [6.45, 7) is -0.205. The molecule has 21 heavy (non-hydrogen) atoms. The summed E-state index contributed by atoms with van der Waals surface area (Å²) in [5, 5.41) is 11.2. The van der Waals surface area contributed by atoms with Crippen LogP contribution in [0.1, 0.15) is 5.56 Å². The summed E-state index contributed by atoms with van der Waals surface area (Å²) in [6, 6.07) is 12.3. The first-order valence-electron chi connectivity index (χ1n) is 6.06. The van der Waals surface area contributed by atoms with Gasteiger partial charge < -0.3 is 15.8 Å². The lowest BCUT2D eigenvalue weighted by atomic mass is 10.2. The van der Waals surface area contributed by atoms with Crippen molar-refractivity contribution in [2.24, 2.45) is 0 Å². The van der Waals surface area contributed by atoms with Gasteiger partial charge in [-0.25, -0.2) is 4.39 Å². The van der Waals surface area contributed by atoms with Gasteiger partial charge in [-0.05, 0) is 42.5 Å². The van der Waals surface area contributed by atoms with Gasteiger partial charge in [0.25, 0.3) is 5.91 Å². The van der Waals surface area contributed by atoms with Gasteiger partial charge >= 0.3 is 0 Å². The van der Waals surface area contributed by atoms with Crippen LogP contribution < -0.4 is 15.8 Å². The van der Waals surface area contributed by atoms with E-state index in [1.165, 1.54) is 18.2 Å². The highest BCUT2D eigenvalue weighted by atomic mass is 19.1. The van der Waals surface area contributed by atoms with E-state index in [2.05, 4.69) is 5.32 Å². The van der Waals surface area contributed by atoms with Crippen LogP contribution in [0.5, 0.6) is 5.75 Å². The third-order valence-corrected chi connectivity index (χ3v) is 2.63. The number of hydrogen-bond acceptors (Lipinski definition) is 4. The van der Waals surface area contributed by atoms with Crippen LogP contribution in [0.25, 0.3) is 0 Å². The maximum absolute atomic E-state index is 13.0. The molecule has 2 rings (SSSR count). The molecule has 1 amide bonds. The van der Waals surface area contributed by atoms with Crippen molar-refractivity contribution in [2.75, 3.05) is 17.7 Å². The molecule has 5 nitrogen and oxygen atoms in total. The molecule has 0 spiro atoms. The van der Waals surface area contributed by atoms with E-state index in [0.29, 0.717) is 17.0 Å². The smallest absolute Gasteiger partial charge is 0.262 e. The minimum absolute atomic E-state index is 0.0409. The highest BCUT2D eigenvalue weighted by molar-refractivity contribution is 5.92. The molecule has 2 aromatic rings. The molecule has 0 radical (unpaired) electrons. The van der Waals surface area contributed by atoms with Crippen LogP contribution in [0.15, 0.2) is 42.5 Å². The van der Waals surface area contributed by atoms with Gasteiger partial charge in [-0.15, -0.1) is 0 Å². The molecule has 0 bridgehead atoms. The highest BCUT2D eigenvalue weighted by Gasteiger charge is 2.06. The first-order chi connectivity index (χ1) is 10.1. The number of carbonyl (C=O) groups is 1. The Kier molecular flexibility index (Phi) is 4.36. The number of nitrogen functional groups attached to an aromatic ring is 1. The van der Waals surface area contributed by atoms with Gasteiger partial charge in [0.05, 0.1) is 17.3 Å². The van der Waals surface area contributed by atoms with Crippen molar-refractivity contribution in [1.82, 2.24) is 0 Å². The summed E-state index contributed by atoms with van der Waals surface area (Å²) in [7, 11) is 0. The molecule has 0 saturated carbocycles. The largest absolute Gasteiger partial charge is 0.484 e. The zero-order valence-electron chi connectivity index (χ0n) is 11.0. The van der Waals surface area contributed by atoms with Crippen molar-refractivity contribution in [3.63, 3.8) is 0 Å². The zero-order valence-corrected chi connectivity index (χ0v) is 11.0. The van der Waals surface area contributed by atoms with Crippen LogP contribution in [0.2, 0.25) is 0 Å². The fourth-order valence-corrected chi connectivity index (χ4v) is 1.59. The number of rotatable bonds is 4. The molecule has 0 fully saturated rings. The summed E-state index contributed by atoms with van der Waals surface area (Å²) in [6.07, 6.45) is 0. The van der Waals surface area contributed by atoms with E-state index < -0.39 is 11.7 Å². The third kappa shape index (κ3) is 3.94. The number of nitrogens with one attached hydrogen (secondary N) is 1. The SMILES string of the molecule is N#Cc1ccc(OCC(=O)Nc2ccc(F)c(N)c2)cc1. The van der Waals surface area contributed by atoms with Crippen molar-refractivity contribution >= 4 is 17.3 Å². The molecule has 0 aliphatic carbocycles. The number of nitriles is 1. The van der Waals surface area contributed by atoms with Crippen molar-refractivity contribution in [1.29, 1.82) is 5.26 Å². The fraction of sp³-hybridized carbons (Fsp3) is 0.0667. The number of nitrogens with zero attached hydrogens (tertiary/aromatic N) is 1. The molecule has 0 saturated heterocycles. The Balaban J connectivity index is 1.89. The van der Waals surface area contributed by atoms with Gasteiger partial charge in [0.2, 0.25) is 0 Å². The molecular formula is C15H12FN3O2. The Labute approximate surface area is 120 Å². The van der Waals surface area contributed by atoms with E-state index in [1.807, 2.05) is 6.07 Å². The number of nitrogens with two attached hydrogens (primary N) is 1. The van der Waals surface area contributed by atoms with Crippen molar-refractivity contribution < 1.29 is 13.9 Å². The summed E-state index contributed by atoms with van der Waals surface area (Å²) >= 11 is 0. The Morgan fingerprint density at radius 3 is 2.62 bits per heavy atom. The lowest BCUT2D eigenvalue weighted by Gasteiger charge is -2.08. The van der Waals surface area contributed by atoms with Gasteiger partial charge in [0.1, 0.15) is 11.6 Å². The van der Waals surface area contributed by atoms with E-state index in [1.54, 1.807) is 24.3 Å². The van der Waals surface area contributed by atoms with Gasteiger partial charge in [-0.1, -0.05) is 0 Å². The molecule has 2 aromatic carbocycles. The van der Waals surface area contributed by atoms with Crippen LogP contribution in [-0.4, -0.2) is 12.5 Å². The van der Waals surface area contributed by atoms with E-state index in [-0.39, 0.29) is 12.3 Å². The first kappa shape index (κ1) is 14.3. The minimum atomic E-state index is -0.540. The molecule has 0 atom stereocenters. The van der Waals surface area contributed by atoms with Gasteiger partial charge in [-0.2, -0.15) is 5.26 Å². The normalized spacial score (nSPS) is 9.71. The topological polar surface area (TPSA) is 88.1 Å². The van der Waals surface area contributed by atoms with E-state index in [0.717, 1.165) is 0 Å². The second-order valence-electron chi connectivity index (χ2n) is 4.21. The second kappa shape index (κ2) is 6.39. The van der Waals surface area contributed by atoms with Gasteiger partial charge in [-0.3, -0.25) is 4.79 Å². The maximum atomic E-state index is 13.0. The van der Waals surface area contributed by atoms with Gasteiger partial charge in [0.15, 0.2) is 6.61 Å². The average molecular weight is 285 g/mol. The molecule has 0 aliphatic rings. The molecule has 0 heterocycles. The van der Waals surface area contributed by atoms with E-state index >= 15 is 0 Å². The molecule has 106 valence electrons. The average Bonchev–Trinajstić information content (AvgIpc) is 2.49. The van der Waals surface area contributed by atoms with Crippen molar-refractivity contribution in [2.45, 2.75) is 0 Å². The lowest BCUT2D eigenvalue weighted by molar-refractivity contribution is -0.118. The summed E-state index contributed by atoms with van der Waals surface area (Å²) in [5.74, 6) is -0.463. The van der Waals surface area contributed by atoms with Crippen molar-refractivity contribution in [3.05, 3.63) is 53.8 Å². The number of carbonyl (C=O) groups excluding carboxylic acids is 1. The molecule has 0 aromatic heterocycles. The monoisotopic (exact) mass is 285 g/mol. The second-order valence-corrected chi connectivity index (χ2v) is 4.21. The van der Waals surface area contributed by atoms with Crippen LogP contribution >= 0.6 is 0 Å². The molecule has 6 heteroatoms. The summed E-state index contributed by atoms with van der Waals surface area (Å²) < 4.78 is 18.2. The summed E-state index contributed by atoms with van der Waals surface area (Å²) in [5.41, 5.74) is 6.26. The predicted octanol–water partition coefficient (Wildman–Crippen LogP) is 2.30. The Hall–Kier alpha value is -3.07.